The Bertz CT molecular complexity index is 1150. The number of furan rings is 1. The van der Waals surface area contributed by atoms with Crippen LogP contribution in [0.3, 0.4) is 0 Å². The van der Waals surface area contributed by atoms with Crippen LogP contribution in [0.2, 0.25) is 0 Å². The van der Waals surface area contributed by atoms with Gasteiger partial charge in [0.25, 0.3) is 0 Å². The van der Waals surface area contributed by atoms with Crippen molar-refractivity contribution in [2.24, 2.45) is 0 Å². The maximum Gasteiger partial charge on any atom is 0.177 e. The second-order valence-electron chi connectivity index (χ2n) is 14.2. The third-order valence-electron chi connectivity index (χ3n) is 9.60. The fraction of sp³-hybridized carbons (Fsp3) is 0.727. The summed E-state index contributed by atoms with van der Waals surface area (Å²) in [7, 11) is 0. The SMILES string of the molecule is CCCCCCCCOc1cc(OCCCCCCCC)c2oc3c(OCCCCCCCC)cc(OCCCCCCCC)cc3c2c1. The van der Waals surface area contributed by atoms with E-state index in [2.05, 4.69) is 39.8 Å². The lowest BCUT2D eigenvalue weighted by atomic mass is 10.1. The average Bonchev–Trinajstić information content (AvgIpc) is 3.49. The second kappa shape index (κ2) is 26.3. The first kappa shape index (κ1) is 40.9. The van der Waals surface area contributed by atoms with E-state index in [4.69, 9.17) is 23.4 Å². The van der Waals surface area contributed by atoms with Crippen LogP contribution in [0.1, 0.15) is 182 Å². The Morgan fingerprint density at radius 3 is 0.959 bits per heavy atom. The summed E-state index contributed by atoms with van der Waals surface area (Å²) in [5.41, 5.74) is 1.54. The molecule has 0 spiro atoms. The zero-order chi connectivity index (χ0) is 34.8. The molecule has 0 radical (unpaired) electrons. The van der Waals surface area contributed by atoms with Gasteiger partial charge in [0.2, 0.25) is 0 Å². The first-order valence-corrected chi connectivity index (χ1v) is 20.8. The highest BCUT2D eigenvalue weighted by atomic mass is 16.5. The number of ether oxygens (including phenoxy) is 4. The van der Waals surface area contributed by atoms with Gasteiger partial charge in [-0.2, -0.15) is 0 Å². The van der Waals surface area contributed by atoms with Crippen LogP contribution in [0.4, 0.5) is 0 Å². The number of benzene rings is 2. The Balaban J connectivity index is 1.82. The first-order valence-electron chi connectivity index (χ1n) is 20.8. The summed E-state index contributed by atoms with van der Waals surface area (Å²) in [5.74, 6) is 3.21. The van der Waals surface area contributed by atoms with Crippen LogP contribution in [0.25, 0.3) is 21.9 Å². The Kier molecular flexibility index (Phi) is 21.9. The molecule has 3 aromatic rings. The first-order chi connectivity index (χ1) is 24.2. The van der Waals surface area contributed by atoms with Crippen LogP contribution in [0.15, 0.2) is 28.7 Å². The van der Waals surface area contributed by atoms with Crippen LogP contribution in [0.5, 0.6) is 23.0 Å². The van der Waals surface area contributed by atoms with E-state index < -0.39 is 0 Å². The van der Waals surface area contributed by atoms with Crippen molar-refractivity contribution in [3.8, 4) is 23.0 Å². The van der Waals surface area contributed by atoms with Crippen molar-refractivity contribution < 1.29 is 23.4 Å². The summed E-state index contributed by atoms with van der Waals surface area (Å²) < 4.78 is 32.3. The summed E-state index contributed by atoms with van der Waals surface area (Å²) in [6.07, 6.45) is 29.6. The maximum absolute atomic E-state index is 6.64. The van der Waals surface area contributed by atoms with Crippen LogP contribution in [0, 0.1) is 0 Å². The molecule has 0 aliphatic heterocycles. The normalized spacial score (nSPS) is 11.5. The molecular formula is C44H72O5. The van der Waals surface area contributed by atoms with E-state index >= 15 is 0 Å². The molecule has 0 saturated carbocycles. The van der Waals surface area contributed by atoms with E-state index in [9.17, 15) is 0 Å². The Morgan fingerprint density at radius 1 is 0.347 bits per heavy atom. The van der Waals surface area contributed by atoms with Crippen molar-refractivity contribution in [3.05, 3.63) is 24.3 Å². The molecule has 1 aromatic heterocycles. The third kappa shape index (κ3) is 15.9. The lowest BCUT2D eigenvalue weighted by Gasteiger charge is -2.11. The molecule has 1 heterocycles. The molecule has 278 valence electrons. The largest absolute Gasteiger partial charge is 0.493 e. The van der Waals surface area contributed by atoms with Crippen molar-refractivity contribution in [1.29, 1.82) is 0 Å². The predicted octanol–water partition coefficient (Wildman–Crippen LogP) is 14.5. The minimum atomic E-state index is 0.674. The molecule has 5 nitrogen and oxygen atoms in total. The van der Waals surface area contributed by atoms with Crippen LogP contribution in [-0.2, 0) is 0 Å². The molecule has 0 aliphatic carbocycles. The Morgan fingerprint density at radius 2 is 0.633 bits per heavy atom. The van der Waals surface area contributed by atoms with Gasteiger partial charge in [-0.25, -0.2) is 0 Å². The molecule has 3 rings (SSSR count). The topological polar surface area (TPSA) is 50.1 Å². The molecule has 0 amide bonds. The average molecular weight is 681 g/mol. The molecule has 0 N–H and O–H groups in total. The lowest BCUT2D eigenvalue weighted by Crippen LogP contribution is -2.01. The molecule has 0 bridgehead atoms. The molecule has 0 saturated heterocycles. The zero-order valence-electron chi connectivity index (χ0n) is 32.1. The number of hydrogen-bond acceptors (Lipinski definition) is 5. The molecular weight excluding hydrogens is 608 g/mol. The zero-order valence-corrected chi connectivity index (χ0v) is 32.1. The number of rotatable bonds is 32. The smallest absolute Gasteiger partial charge is 0.177 e. The van der Waals surface area contributed by atoms with E-state index in [0.717, 1.165) is 70.6 Å². The van der Waals surface area contributed by atoms with Crippen LogP contribution in [-0.4, -0.2) is 26.4 Å². The van der Waals surface area contributed by atoms with Crippen molar-refractivity contribution in [3.63, 3.8) is 0 Å². The van der Waals surface area contributed by atoms with Gasteiger partial charge in [0, 0.05) is 22.9 Å². The van der Waals surface area contributed by atoms with E-state index in [1.165, 1.54) is 128 Å². The van der Waals surface area contributed by atoms with E-state index in [1.54, 1.807) is 0 Å². The lowest BCUT2D eigenvalue weighted by molar-refractivity contribution is 0.288. The molecule has 0 unspecified atom stereocenters. The van der Waals surface area contributed by atoms with Gasteiger partial charge in [0.1, 0.15) is 11.5 Å². The monoisotopic (exact) mass is 681 g/mol. The molecule has 0 fully saturated rings. The van der Waals surface area contributed by atoms with Gasteiger partial charge in [0.05, 0.1) is 26.4 Å². The fourth-order valence-electron chi connectivity index (χ4n) is 6.52. The Labute approximate surface area is 300 Å². The van der Waals surface area contributed by atoms with Gasteiger partial charge in [-0.05, 0) is 37.8 Å². The van der Waals surface area contributed by atoms with Gasteiger partial charge >= 0.3 is 0 Å². The van der Waals surface area contributed by atoms with E-state index in [-0.39, 0.29) is 0 Å². The fourth-order valence-corrected chi connectivity index (χ4v) is 6.52. The second-order valence-corrected chi connectivity index (χ2v) is 14.2. The van der Waals surface area contributed by atoms with Crippen molar-refractivity contribution in [2.75, 3.05) is 26.4 Å². The highest BCUT2D eigenvalue weighted by molar-refractivity contribution is 6.09. The maximum atomic E-state index is 6.64. The summed E-state index contributed by atoms with van der Waals surface area (Å²) in [5, 5.41) is 2.01. The molecule has 0 atom stereocenters. The highest BCUT2D eigenvalue weighted by Crippen LogP contribution is 2.43. The summed E-state index contributed by atoms with van der Waals surface area (Å²) in [6.45, 7) is 11.8. The molecule has 49 heavy (non-hydrogen) atoms. The molecule has 2 aromatic carbocycles. The minimum absolute atomic E-state index is 0.674. The predicted molar refractivity (Wildman–Crippen MR) is 209 cm³/mol. The standard InChI is InChI=1S/C44H72O5/c1-5-9-13-17-21-25-29-45-37-33-39-40-34-38(46-30-26-22-18-14-10-6-2)36-42(48-32-28-24-20-16-12-8-4)44(40)49-43(39)41(35-37)47-31-27-23-19-15-11-7-3/h33-36H,5-32H2,1-4H3. The van der Waals surface area contributed by atoms with Crippen molar-refractivity contribution in [1.82, 2.24) is 0 Å². The van der Waals surface area contributed by atoms with Crippen molar-refractivity contribution in [2.45, 2.75) is 182 Å². The van der Waals surface area contributed by atoms with Gasteiger partial charge in [-0.1, -0.05) is 156 Å². The molecule has 0 aliphatic rings. The quantitative estimate of drug-likeness (QED) is 0.0614. The van der Waals surface area contributed by atoms with Gasteiger partial charge < -0.3 is 23.4 Å². The third-order valence-corrected chi connectivity index (χ3v) is 9.60. The van der Waals surface area contributed by atoms with Gasteiger partial charge in [-0.15, -0.1) is 0 Å². The van der Waals surface area contributed by atoms with E-state index in [0.29, 0.717) is 26.4 Å². The Hall–Kier alpha value is -2.56. The van der Waals surface area contributed by atoms with Crippen molar-refractivity contribution >= 4 is 21.9 Å². The van der Waals surface area contributed by atoms with Crippen LogP contribution < -0.4 is 18.9 Å². The number of unbranched alkanes of at least 4 members (excludes halogenated alkanes) is 20. The molecule has 5 heteroatoms. The number of fused-ring (bicyclic) bond motifs is 3. The highest BCUT2D eigenvalue weighted by Gasteiger charge is 2.20. The van der Waals surface area contributed by atoms with E-state index in [1.807, 2.05) is 12.1 Å². The minimum Gasteiger partial charge on any atom is -0.493 e. The summed E-state index contributed by atoms with van der Waals surface area (Å²) >= 11 is 0. The van der Waals surface area contributed by atoms with Gasteiger partial charge in [0.15, 0.2) is 22.7 Å². The summed E-state index contributed by atoms with van der Waals surface area (Å²) in [4.78, 5) is 0. The summed E-state index contributed by atoms with van der Waals surface area (Å²) in [6, 6.07) is 8.33. The number of hydrogen-bond donors (Lipinski definition) is 0. The van der Waals surface area contributed by atoms with Crippen LogP contribution >= 0.6 is 0 Å². The van der Waals surface area contributed by atoms with Gasteiger partial charge in [-0.3, -0.25) is 0 Å².